The van der Waals surface area contributed by atoms with Crippen LogP contribution in [0.1, 0.15) is 46.7 Å². The summed E-state index contributed by atoms with van der Waals surface area (Å²) in [6.45, 7) is 0.136. The van der Waals surface area contributed by atoms with Gasteiger partial charge in [-0.15, -0.1) is 0 Å². The second kappa shape index (κ2) is 9.19. The Kier molecular flexibility index (Phi) is 6.06. The van der Waals surface area contributed by atoms with Crippen LogP contribution in [0.15, 0.2) is 71.2 Å². The number of carboxylic acids is 1. The Morgan fingerprint density at radius 1 is 0.971 bits per heavy atom. The van der Waals surface area contributed by atoms with Crippen molar-refractivity contribution in [3.8, 4) is 11.1 Å². The van der Waals surface area contributed by atoms with E-state index in [9.17, 15) is 19.5 Å². The van der Waals surface area contributed by atoms with Crippen molar-refractivity contribution in [3.05, 3.63) is 87.9 Å². The quantitative estimate of drug-likeness (QED) is 0.384. The van der Waals surface area contributed by atoms with Gasteiger partial charge in [0, 0.05) is 10.4 Å². The summed E-state index contributed by atoms with van der Waals surface area (Å²) >= 11 is 3.36. The molecule has 0 heterocycles. The smallest absolute Gasteiger partial charge is 0.411 e. The Hall–Kier alpha value is -3.65. The number of amides is 2. The number of carboxylic acid groups (broad SMARTS) is 1. The summed E-state index contributed by atoms with van der Waals surface area (Å²) in [5, 5.41) is 14.8. The first-order valence-corrected chi connectivity index (χ1v) is 12.1. The van der Waals surface area contributed by atoms with E-state index in [1.807, 2.05) is 36.4 Å². The van der Waals surface area contributed by atoms with Crippen LogP contribution in [0.3, 0.4) is 0 Å². The Labute approximate surface area is 210 Å². The summed E-state index contributed by atoms with van der Waals surface area (Å²) in [4.78, 5) is 37.4. The fourth-order valence-corrected chi connectivity index (χ4v) is 5.13. The molecule has 35 heavy (non-hydrogen) atoms. The fraction of sp³-hybridized carbons (Fsp3) is 0.222. The molecule has 0 atom stereocenters. The number of hydrogen-bond donors (Lipinski definition) is 3. The molecule has 5 rings (SSSR count). The lowest BCUT2D eigenvalue weighted by atomic mass is 9.76. The minimum atomic E-state index is -1.26. The molecule has 0 bridgehead atoms. The van der Waals surface area contributed by atoms with E-state index >= 15 is 0 Å². The van der Waals surface area contributed by atoms with Crippen molar-refractivity contribution in [1.29, 1.82) is 0 Å². The average Bonchev–Trinajstić information content (AvgIpc) is 3.13. The van der Waals surface area contributed by atoms with Crippen LogP contribution in [0.2, 0.25) is 0 Å². The molecule has 3 aromatic carbocycles. The topological polar surface area (TPSA) is 105 Å². The molecule has 8 heteroatoms. The van der Waals surface area contributed by atoms with Crippen LogP contribution in [0, 0.1) is 0 Å². The normalized spacial score (nSPS) is 15.3. The number of aliphatic carboxylic acids is 1. The molecule has 0 unspecified atom stereocenters. The van der Waals surface area contributed by atoms with Gasteiger partial charge in [0.05, 0.1) is 11.3 Å². The second-order valence-electron chi connectivity index (χ2n) is 8.84. The first kappa shape index (κ1) is 23.1. The van der Waals surface area contributed by atoms with E-state index in [0.29, 0.717) is 17.3 Å². The van der Waals surface area contributed by atoms with E-state index < -0.39 is 23.5 Å². The van der Waals surface area contributed by atoms with Gasteiger partial charge in [-0.2, -0.15) is 0 Å². The highest BCUT2D eigenvalue weighted by Gasteiger charge is 2.46. The molecule has 2 amide bonds. The van der Waals surface area contributed by atoms with Crippen molar-refractivity contribution in [2.24, 2.45) is 0 Å². The zero-order valence-corrected chi connectivity index (χ0v) is 20.3. The maximum absolute atomic E-state index is 12.9. The number of hydrogen-bond acceptors (Lipinski definition) is 4. The summed E-state index contributed by atoms with van der Waals surface area (Å²) in [6.07, 6.45) is 0.785. The maximum atomic E-state index is 12.9. The molecule has 1 saturated carbocycles. The van der Waals surface area contributed by atoms with Crippen molar-refractivity contribution >= 4 is 39.6 Å². The molecule has 178 valence electrons. The van der Waals surface area contributed by atoms with E-state index in [2.05, 4.69) is 38.7 Å². The monoisotopic (exact) mass is 534 g/mol. The largest absolute Gasteiger partial charge is 0.480 e. The average molecular weight is 535 g/mol. The SMILES string of the molecule is O=C(Nc1cc(Br)ccc1C(=O)NC1(C(=O)O)CCC1)OCC1c2ccccc2-c2ccccc21. The van der Waals surface area contributed by atoms with Gasteiger partial charge in [-0.05, 0) is 59.7 Å². The lowest BCUT2D eigenvalue weighted by molar-refractivity contribution is -0.148. The number of rotatable bonds is 6. The zero-order chi connectivity index (χ0) is 24.6. The zero-order valence-electron chi connectivity index (χ0n) is 18.7. The number of nitrogens with one attached hydrogen (secondary N) is 2. The Morgan fingerprint density at radius 2 is 1.60 bits per heavy atom. The number of fused-ring (bicyclic) bond motifs is 3. The molecular formula is C27H23BrN2O5. The summed E-state index contributed by atoms with van der Waals surface area (Å²) in [7, 11) is 0. The molecule has 1 fully saturated rings. The van der Waals surface area contributed by atoms with Crippen molar-refractivity contribution in [2.45, 2.75) is 30.7 Å². The summed E-state index contributed by atoms with van der Waals surface area (Å²) in [6, 6.07) is 20.9. The third-order valence-corrected chi connectivity index (χ3v) is 7.27. The minimum absolute atomic E-state index is 0.0903. The highest BCUT2D eigenvalue weighted by molar-refractivity contribution is 9.10. The summed E-state index contributed by atoms with van der Waals surface area (Å²) < 4.78 is 6.25. The molecule has 0 aromatic heterocycles. The van der Waals surface area contributed by atoms with Crippen LogP contribution in [0.25, 0.3) is 11.1 Å². The van der Waals surface area contributed by atoms with Gasteiger partial charge in [0.25, 0.3) is 5.91 Å². The predicted molar refractivity (Wildman–Crippen MR) is 135 cm³/mol. The second-order valence-corrected chi connectivity index (χ2v) is 9.75. The van der Waals surface area contributed by atoms with Gasteiger partial charge in [-0.25, -0.2) is 9.59 Å². The van der Waals surface area contributed by atoms with Crippen LogP contribution in [-0.2, 0) is 9.53 Å². The van der Waals surface area contributed by atoms with Gasteiger partial charge in [-0.1, -0.05) is 64.5 Å². The van der Waals surface area contributed by atoms with E-state index in [1.165, 1.54) is 6.07 Å². The Bertz CT molecular complexity index is 1290. The molecule has 3 N–H and O–H groups in total. The summed E-state index contributed by atoms with van der Waals surface area (Å²) in [5.41, 5.74) is 3.60. The minimum Gasteiger partial charge on any atom is -0.480 e. The predicted octanol–water partition coefficient (Wildman–Crippen LogP) is 5.55. The number of carbonyl (C=O) groups is 3. The number of carbonyl (C=O) groups excluding carboxylic acids is 2. The van der Waals surface area contributed by atoms with Crippen LogP contribution in [0.4, 0.5) is 10.5 Å². The molecule has 3 aromatic rings. The lowest BCUT2D eigenvalue weighted by Crippen LogP contribution is -2.59. The molecule has 2 aliphatic rings. The lowest BCUT2D eigenvalue weighted by Gasteiger charge is -2.38. The fourth-order valence-electron chi connectivity index (χ4n) is 4.77. The first-order chi connectivity index (χ1) is 16.9. The van der Waals surface area contributed by atoms with Gasteiger partial charge in [0.2, 0.25) is 0 Å². The molecule has 2 aliphatic carbocycles. The standard InChI is InChI=1S/C27H23BrN2O5/c28-16-10-11-21(24(31)30-27(25(32)33)12-5-13-27)23(14-16)29-26(34)35-15-22-19-8-3-1-6-17(19)18-7-2-4-9-20(18)22/h1-4,6-11,14,22H,5,12-13,15H2,(H,29,34)(H,30,31)(H,32,33). The van der Waals surface area contributed by atoms with Crippen LogP contribution >= 0.6 is 15.9 Å². The molecule has 0 aliphatic heterocycles. The molecule has 0 spiro atoms. The number of halogens is 1. The number of anilines is 1. The van der Waals surface area contributed by atoms with E-state index in [0.717, 1.165) is 28.7 Å². The van der Waals surface area contributed by atoms with Crippen molar-refractivity contribution in [1.82, 2.24) is 5.32 Å². The summed E-state index contributed by atoms with van der Waals surface area (Å²) in [5.74, 6) is -1.71. The van der Waals surface area contributed by atoms with Gasteiger partial charge >= 0.3 is 12.1 Å². The molecule has 7 nitrogen and oxygen atoms in total. The third-order valence-electron chi connectivity index (χ3n) is 6.78. The highest BCUT2D eigenvalue weighted by atomic mass is 79.9. The van der Waals surface area contributed by atoms with Crippen molar-refractivity contribution in [2.75, 3.05) is 11.9 Å². The van der Waals surface area contributed by atoms with Gasteiger partial charge in [-0.3, -0.25) is 10.1 Å². The van der Waals surface area contributed by atoms with Crippen LogP contribution < -0.4 is 10.6 Å². The van der Waals surface area contributed by atoms with Gasteiger partial charge in [0.1, 0.15) is 12.1 Å². The molecular weight excluding hydrogens is 512 g/mol. The molecule has 0 saturated heterocycles. The van der Waals surface area contributed by atoms with E-state index in [-0.39, 0.29) is 23.8 Å². The van der Waals surface area contributed by atoms with Crippen LogP contribution in [0.5, 0.6) is 0 Å². The van der Waals surface area contributed by atoms with Crippen LogP contribution in [-0.4, -0.2) is 35.2 Å². The third kappa shape index (κ3) is 4.30. The number of benzene rings is 3. The maximum Gasteiger partial charge on any atom is 0.411 e. The van der Waals surface area contributed by atoms with Gasteiger partial charge < -0.3 is 15.2 Å². The molecule has 0 radical (unpaired) electrons. The van der Waals surface area contributed by atoms with E-state index in [4.69, 9.17) is 4.74 Å². The van der Waals surface area contributed by atoms with Crippen molar-refractivity contribution < 1.29 is 24.2 Å². The Morgan fingerprint density at radius 3 is 2.17 bits per heavy atom. The van der Waals surface area contributed by atoms with Crippen molar-refractivity contribution in [3.63, 3.8) is 0 Å². The number of ether oxygens (including phenoxy) is 1. The highest BCUT2D eigenvalue weighted by Crippen LogP contribution is 2.44. The Balaban J connectivity index is 1.31. The van der Waals surface area contributed by atoms with Gasteiger partial charge in [0.15, 0.2) is 0 Å². The van der Waals surface area contributed by atoms with E-state index in [1.54, 1.807) is 12.1 Å². The first-order valence-electron chi connectivity index (χ1n) is 11.4.